The normalized spacial score (nSPS) is 11.2. The first-order valence-electron chi connectivity index (χ1n) is 8.39. The molecule has 3 aromatic rings. The number of pyridine rings is 1. The Kier molecular flexibility index (Phi) is 4.86. The number of nitrogens with zero attached hydrogens (tertiary/aromatic N) is 3. The van der Waals surface area contributed by atoms with E-state index in [9.17, 15) is 4.79 Å². The SMILES string of the molecule is CN(C)CCNC(=O)c1cccc2cc3ccc(N(C)C)cc3nc12. The third-order valence-corrected chi connectivity index (χ3v) is 4.23. The highest BCUT2D eigenvalue weighted by Crippen LogP contribution is 2.25. The van der Waals surface area contributed by atoms with Gasteiger partial charge in [0.15, 0.2) is 0 Å². The molecule has 2 aromatic carbocycles. The summed E-state index contributed by atoms with van der Waals surface area (Å²) in [6.07, 6.45) is 0. The number of carbonyl (C=O) groups is 1. The Morgan fingerprint density at radius 1 is 1.04 bits per heavy atom. The van der Waals surface area contributed by atoms with Gasteiger partial charge < -0.3 is 15.1 Å². The van der Waals surface area contributed by atoms with Gasteiger partial charge in [0.25, 0.3) is 5.91 Å². The molecule has 0 aliphatic heterocycles. The van der Waals surface area contributed by atoms with Gasteiger partial charge in [-0.3, -0.25) is 4.79 Å². The topological polar surface area (TPSA) is 48.5 Å². The summed E-state index contributed by atoms with van der Waals surface area (Å²) in [6, 6.07) is 14.0. The Bertz CT molecular complexity index is 918. The van der Waals surface area contributed by atoms with Gasteiger partial charge in [0.1, 0.15) is 0 Å². The van der Waals surface area contributed by atoms with E-state index in [4.69, 9.17) is 4.98 Å². The number of amides is 1. The second kappa shape index (κ2) is 7.07. The maximum atomic E-state index is 12.6. The number of benzene rings is 2. The van der Waals surface area contributed by atoms with E-state index in [1.807, 2.05) is 56.2 Å². The van der Waals surface area contributed by atoms with Crippen LogP contribution in [-0.2, 0) is 0 Å². The van der Waals surface area contributed by atoms with E-state index in [1.54, 1.807) is 0 Å². The van der Waals surface area contributed by atoms with Crippen molar-refractivity contribution in [3.8, 4) is 0 Å². The number of anilines is 1. The molecular formula is C20H24N4O. The van der Waals surface area contributed by atoms with Crippen molar-refractivity contribution < 1.29 is 4.79 Å². The van der Waals surface area contributed by atoms with Crippen molar-refractivity contribution in [2.75, 3.05) is 46.2 Å². The van der Waals surface area contributed by atoms with Crippen molar-refractivity contribution >= 4 is 33.4 Å². The van der Waals surface area contributed by atoms with Gasteiger partial charge in [-0.15, -0.1) is 0 Å². The van der Waals surface area contributed by atoms with Crippen molar-refractivity contribution in [1.29, 1.82) is 0 Å². The van der Waals surface area contributed by atoms with Gasteiger partial charge >= 0.3 is 0 Å². The molecule has 5 heteroatoms. The van der Waals surface area contributed by atoms with Crippen LogP contribution in [-0.4, -0.2) is 57.1 Å². The number of rotatable bonds is 5. The molecule has 0 unspecified atom stereocenters. The van der Waals surface area contributed by atoms with Gasteiger partial charge in [-0.05, 0) is 38.4 Å². The first-order valence-corrected chi connectivity index (χ1v) is 8.39. The molecule has 25 heavy (non-hydrogen) atoms. The molecule has 3 rings (SSSR count). The zero-order chi connectivity index (χ0) is 18.0. The van der Waals surface area contributed by atoms with Crippen LogP contribution in [0, 0.1) is 0 Å². The van der Waals surface area contributed by atoms with Crippen molar-refractivity contribution in [1.82, 2.24) is 15.2 Å². The van der Waals surface area contributed by atoms with Crippen LogP contribution in [0.15, 0.2) is 42.5 Å². The largest absolute Gasteiger partial charge is 0.378 e. The summed E-state index contributed by atoms with van der Waals surface area (Å²) < 4.78 is 0. The molecule has 1 aromatic heterocycles. The van der Waals surface area contributed by atoms with Gasteiger partial charge in [0.2, 0.25) is 0 Å². The Hall–Kier alpha value is -2.66. The quantitative estimate of drug-likeness (QED) is 0.728. The number of fused-ring (bicyclic) bond motifs is 2. The van der Waals surface area contributed by atoms with Crippen LogP contribution in [0.2, 0.25) is 0 Å². The summed E-state index contributed by atoms with van der Waals surface area (Å²) in [5.74, 6) is -0.0805. The Labute approximate surface area is 148 Å². The molecule has 5 nitrogen and oxygen atoms in total. The highest BCUT2D eigenvalue weighted by molar-refractivity contribution is 6.07. The van der Waals surface area contributed by atoms with E-state index in [0.29, 0.717) is 12.1 Å². The van der Waals surface area contributed by atoms with Crippen LogP contribution in [0.1, 0.15) is 10.4 Å². The number of para-hydroxylation sites is 1. The molecule has 0 fully saturated rings. The second-order valence-corrected chi connectivity index (χ2v) is 6.70. The zero-order valence-corrected chi connectivity index (χ0v) is 15.2. The molecule has 0 aliphatic rings. The summed E-state index contributed by atoms with van der Waals surface area (Å²) in [5.41, 5.74) is 3.35. The monoisotopic (exact) mass is 336 g/mol. The van der Waals surface area contributed by atoms with Gasteiger partial charge in [-0.1, -0.05) is 18.2 Å². The van der Waals surface area contributed by atoms with Crippen LogP contribution in [0.3, 0.4) is 0 Å². The molecule has 1 amide bonds. The van der Waals surface area contributed by atoms with Gasteiger partial charge in [0.05, 0.1) is 16.6 Å². The first kappa shape index (κ1) is 17.2. The summed E-state index contributed by atoms with van der Waals surface area (Å²) >= 11 is 0. The van der Waals surface area contributed by atoms with E-state index in [0.717, 1.165) is 34.0 Å². The van der Waals surface area contributed by atoms with E-state index >= 15 is 0 Å². The lowest BCUT2D eigenvalue weighted by Gasteiger charge is -2.14. The molecule has 0 bridgehead atoms. The number of nitrogens with one attached hydrogen (secondary N) is 1. The molecule has 1 heterocycles. The fourth-order valence-electron chi connectivity index (χ4n) is 2.79. The fraction of sp³-hybridized carbons (Fsp3) is 0.300. The predicted octanol–water partition coefficient (Wildman–Crippen LogP) is 2.75. The lowest BCUT2D eigenvalue weighted by atomic mass is 10.1. The minimum absolute atomic E-state index is 0.0805. The number of aromatic nitrogens is 1. The van der Waals surface area contributed by atoms with Crippen molar-refractivity contribution in [2.24, 2.45) is 0 Å². The minimum atomic E-state index is -0.0805. The standard InChI is InChI=1S/C20H24N4O/c1-23(2)11-10-21-20(25)17-7-5-6-15-12-14-8-9-16(24(3)4)13-18(14)22-19(15)17/h5-9,12-13H,10-11H2,1-4H3,(H,21,25). The zero-order valence-electron chi connectivity index (χ0n) is 15.2. The molecule has 0 aliphatic carbocycles. The van der Waals surface area contributed by atoms with E-state index in [-0.39, 0.29) is 5.91 Å². The van der Waals surface area contributed by atoms with Crippen LogP contribution in [0.5, 0.6) is 0 Å². The summed E-state index contributed by atoms with van der Waals surface area (Å²) in [4.78, 5) is 21.4. The van der Waals surface area contributed by atoms with Crippen LogP contribution in [0.25, 0.3) is 21.8 Å². The molecule has 130 valence electrons. The molecule has 1 N–H and O–H groups in total. The second-order valence-electron chi connectivity index (χ2n) is 6.70. The van der Waals surface area contributed by atoms with Crippen LogP contribution >= 0.6 is 0 Å². The minimum Gasteiger partial charge on any atom is -0.378 e. The number of likely N-dealkylation sites (N-methyl/N-ethyl adjacent to an activating group) is 1. The summed E-state index contributed by atoms with van der Waals surface area (Å²) in [7, 11) is 7.98. The highest BCUT2D eigenvalue weighted by atomic mass is 16.1. The molecule has 0 saturated carbocycles. The fourth-order valence-corrected chi connectivity index (χ4v) is 2.79. The molecule has 0 atom stereocenters. The molecular weight excluding hydrogens is 312 g/mol. The average Bonchev–Trinajstić information content (AvgIpc) is 2.58. The third kappa shape index (κ3) is 3.72. The number of hydrogen-bond donors (Lipinski definition) is 1. The van der Waals surface area contributed by atoms with Crippen LogP contribution < -0.4 is 10.2 Å². The number of carbonyl (C=O) groups excluding carboxylic acids is 1. The summed E-state index contributed by atoms with van der Waals surface area (Å²) in [5, 5.41) is 5.02. The maximum Gasteiger partial charge on any atom is 0.253 e. The number of hydrogen-bond acceptors (Lipinski definition) is 4. The lowest BCUT2D eigenvalue weighted by Crippen LogP contribution is -2.31. The van der Waals surface area contributed by atoms with Gasteiger partial charge in [-0.2, -0.15) is 0 Å². The third-order valence-electron chi connectivity index (χ3n) is 4.23. The smallest absolute Gasteiger partial charge is 0.253 e. The molecule has 0 saturated heterocycles. The average molecular weight is 336 g/mol. The van der Waals surface area contributed by atoms with E-state index < -0.39 is 0 Å². The van der Waals surface area contributed by atoms with Crippen molar-refractivity contribution in [2.45, 2.75) is 0 Å². The molecule has 0 radical (unpaired) electrons. The molecule has 0 spiro atoms. The van der Waals surface area contributed by atoms with Crippen LogP contribution in [0.4, 0.5) is 5.69 Å². The van der Waals surface area contributed by atoms with Crippen molar-refractivity contribution in [3.63, 3.8) is 0 Å². The highest BCUT2D eigenvalue weighted by Gasteiger charge is 2.12. The lowest BCUT2D eigenvalue weighted by molar-refractivity contribution is 0.0952. The van der Waals surface area contributed by atoms with E-state index in [2.05, 4.69) is 29.6 Å². The maximum absolute atomic E-state index is 12.6. The Morgan fingerprint density at radius 3 is 2.56 bits per heavy atom. The summed E-state index contributed by atoms with van der Waals surface area (Å²) in [6.45, 7) is 1.42. The Balaban J connectivity index is 2.02. The van der Waals surface area contributed by atoms with Gasteiger partial charge in [0, 0.05) is 43.6 Å². The van der Waals surface area contributed by atoms with E-state index in [1.165, 1.54) is 0 Å². The predicted molar refractivity (Wildman–Crippen MR) is 104 cm³/mol. The van der Waals surface area contributed by atoms with Gasteiger partial charge in [-0.25, -0.2) is 4.98 Å². The first-order chi connectivity index (χ1) is 12.0. The van der Waals surface area contributed by atoms with Crippen molar-refractivity contribution in [3.05, 3.63) is 48.0 Å². The Morgan fingerprint density at radius 2 is 1.84 bits per heavy atom.